The minimum atomic E-state index is -4.27. The van der Waals surface area contributed by atoms with E-state index in [0.717, 1.165) is 32.0 Å². The van der Waals surface area contributed by atoms with Crippen LogP contribution in [-0.4, -0.2) is 24.6 Å². The summed E-state index contributed by atoms with van der Waals surface area (Å²) in [5.74, 6) is 0. The molecule has 0 spiro atoms. The van der Waals surface area contributed by atoms with Gasteiger partial charge in [0, 0.05) is 29.9 Å². The van der Waals surface area contributed by atoms with Crippen molar-refractivity contribution in [3.8, 4) is 0 Å². The standard InChI is InChI=1S/C27H24N3OS3.C7H8O3S.CH4/c1-4-29-20-15-14-17-10-6-7-11-18(17)24(20)33-22(29)16-23-30(5-2)26(31)25(34-23)27-28(3)19-12-8-9-13-21(19)32-27;1-6-2-4-7(5-3-6)11(8,9)10;/h6-16H,4-5H2,1-3H3;2-5H,1H3,(H,8,9,10);1H4/q+1;;/p-1/b27-25-;;. The Morgan fingerprint density at radius 3 is 2.28 bits per heavy atom. The van der Waals surface area contributed by atoms with E-state index in [1.165, 1.54) is 43.0 Å². The third-order valence-electron chi connectivity index (χ3n) is 7.66. The van der Waals surface area contributed by atoms with E-state index in [2.05, 4.69) is 84.1 Å². The summed E-state index contributed by atoms with van der Waals surface area (Å²) in [6.45, 7) is 7.58. The van der Waals surface area contributed by atoms with Gasteiger partial charge in [0.15, 0.2) is 0 Å². The molecular formula is C35H35N3O4S4. The quantitative estimate of drug-likeness (QED) is 0.160. The Hall–Kier alpha value is -3.74. The smallest absolute Gasteiger partial charge is 0.271 e. The number of thiazole rings is 2. The van der Waals surface area contributed by atoms with E-state index in [1.807, 2.05) is 24.5 Å². The van der Waals surface area contributed by atoms with Gasteiger partial charge < -0.3 is 9.45 Å². The van der Waals surface area contributed by atoms with Crippen molar-refractivity contribution in [3.05, 3.63) is 115 Å². The summed E-state index contributed by atoms with van der Waals surface area (Å²) in [4.78, 5) is 16.7. The molecule has 7 rings (SSSR count). The van der Waals surface area contributed by atoms with Crippen molar-refractivity contribution in [1.29, 1.82) is 0 Å². The van der Waals surface area contributed by atoms with Gasteiger partial charge >= 0.3 is 0 Å². The van der Waals surface area contributed by atoms with E-state index in [1.54, 1.807) is 46.6 Å². The minimum absolute atomic E-state index is 0. The van der Waals surface area contributed by atoms with Crippen LogP contribution >= 0.6 is 34.4 Å². The Balaban J connectivity index is 0.000000297. The molecule has 0 atom stereocenters. The molecule has 0 N–H and O–H groups in total. The fourth-order valence-electron chi connectivity index (χ4n) is 5.34. The number of hydrogen-bond donors (Lipinski definition) is 0. The summed E-state index contributed by atoms with van der Waals surface area (Å²) in [5.41, 5.74) is 3.42. The van der Waals surface area contributed by atoms with Crippen molar-refractivity contribution in [2.75, 3.05) is 11.9 Å². The van der Waals surface area contributed by atoms with Crippen molar-refractivity contribution in [2.24, 2.45) is 0 Å². The molecule has 1 aliphatic rings. The first-order chi connectivity index (χ1) is 21.6. The van der Waals surface area contributed by atoms with E-state index in [4.69, 9.17) is 0 Å². The number of nitrogens with zero attached hydrogens (tertiary/aromatic N) is 3. The molecule has 2 aromatic heterocycles. The Kier molecular flexibility index (Phi) is 9.90. The first-order valence-electron chi connectivity index (χ1n) is 14.4. The second kappa shape index (κ2) is 13.5. The van der Waals surface area contributed by atoms with Gasteiger partial charge in [-0.05, 0) is 56.5 Å². The third-order valence-corrected chi connectivity index (χ3v) is 12.2. The Bertz CT molecular complexity index is 2360. The van der Waals surface area contributed by atoms with Crippen LogP contribution in [0.1, 0.15) is 31.8 Å². The summed E-state index contributed by atoms with van der Waals surface area (Å²) >= 11 is 5.09. The molecule has 3 heterocycles. The first-order valence-corrected chi connectivity index (χ1v) is 18.3. The van der Waals surface area contributed by atoms with Crippen LogP contribution in [0.3, 0.4) is 0 Å². The lowest BCUT2D eigenvalue weighted by atomic mass is 10.1. The topological polar surface area (TPSA) is 86.3 Å². The van der Waals surface area contributed by atoms with Crippen LogP contribution in [0.5, 0.6) is 0 Å². The van der Waals surface area contributed by atoms with E-state index in [9.17, 15) is 17.8 Å². The maximum Gasteiger partial charge on any atom is 0.271 e. The second-order valence-electron chi connectivity index (χ2n) is 10.5. The molecule has 0 aliphatic carbocycles. The Morgan fingerprint density at radius 1 is 0.913 bits per heavy atom. The monoisotopic (exact) mass is 689 g/mol. The number of hydrogen-bond acceptors (Lipinski definition) is 8. The van der Waals surface area contributed by atoms with Crippen LogP contribution in [-0.2, 0) is 23.2 Å². The van der Waals surface area contributed by atoms with Gasteiger partial charge in [-0.3, -0.25) is 9.36 Å². The average Bonchev–Trinajstić information content (AvgIpc) is 3.67. The fourth-order valence-corrected chi connectivity index (χ4v) is 9.64. The number of fused-ring (bicyclic) bond motifs is 4. The van der Waals surface area contributed by atoms with E-state index >= 15 is 0 Å². The van der Waals surface area contributed by atoms with Gasteiger partial charge in [-0.2, -0.15) is 4.57 Å². The number of aryl methyl sites for hydroxylation is 2. The van der Waals surface area contributed by atoms with Crippen molar-refractivity contribution in [3.63, 3.8) is 0 Å². The lowest BCUT2D eigenvalue weighted by molar-refractivity contribution is -0.665. The van der Waals surface area contributed by atoms with Gasteiger partial charge in [0.1, 0.15) is 35.6 Å². The van der Waals surface area contributed by atoms with Crippen molar-refractivity contribution in [2.45, 2.75) is 51.1 Å². The minimum Gasteiger partial charge on any atom is -0.744 e. The van der Waals surface area contributed by atoms with Gasteiger partial charge in [-0.25, -0.2) is 8.42 Å². The molecule has 238 valence electrons. The van der Waals surface area contributed by atoms with Crippen LogP contribution in [0.15, 0.2) is 99.5 Å². The number of rotatable bonds is 4. The third kappa shape index (κ3) is 6.30. The normalized spacial score (nSPS) is 14.3. The number of anilines is 1. The molecule has 0 unspecified atom stereocenters. The number of thioether (sulfide) groups is 1. The zero-order valence-electron chi connectivity index (χ0n) is 25.2. The zero-order chi connectivity index (χ0) is 31.9. The van der Waals surface area contributed by atoms with Crippen LogP contribution < -0.4 is 24.2 Å². The highest BCUT2D eigenvalue weighted by Gasteiger charge is 2.25. The molecule has 0 amide bonds. The average molecular weight is 690 g/mol. The highest BCUT2D eigenvalue weighted by Crippen LogP contribution is 2.45. The van der Waals surface area contributed by atoms with Crippen LogP contribution in [0.4, 0.5) is 5.69 Å². The predicted octanol–water partition coefficient (Wildman–Crippen LogP) is 6.28. The maximum atomic E-state index is 13.5. The van der Waals surface area contributed by atoms with Crippen molar-refractivity contribution in [1.82, 2.24) is 4.57 Å². The molecule has 6 aromatic rings. The number of para-hydroxylation sites is 1. The fraction of sp³-hybridized carbons (Fsp3) is 0.200. The highest BCUT2D eigenvalue weighted by atomic mass is 32.2. The molecule has 46 heavy (non-hydrogen) atoms. The molecule has 1 aliphatic heterocycles. The number of aromatic nitrogens is 2. The summed E-state index contributed by atoms with van der Waals surface area (Å²) in [5, 5.41) is 4.73. The van der Waals surface area contributed by atoms with E-state index < -0.39 is 10.1 Å². The summed E-state index contributed by atoms with van der Waals surface area (Å²) in [7, 11) is -2.22. The lowest BCUT2D eigenvalue weighted by Crippen LogP contribution is -2.35. The molecule has 0 fully saturated rings. The molecule has 11 heteroatoms. The Morgan fingerprint density at radius 2 is 1.61 bits per heavy atom. The molecule has 4 aromatic carbocycles. The largest absolute Gasteiger partial charge is 0.744 e. The molecule has 7 nitrogen and oxygen atoms in total. The number of benzene rings is 4. The first kappa shape index (κ1) is 33.6. The van der Waals surface area contributed by atoms with E-state index in [0.29, 0.717) is 6.54 Å². The molecule has 0 saturated carbocycles. The maximum absolute atomic E-state index is 13.5. The summed E-state index contributed by atoms with van der Waals surface area (Å²) in [6, 6.07) is 27.1. The molecule has 0 radical (unpaired) electrons. The molecular weight excluding hydrogens is 655 g/mol. The predicted molar refractivity (Wildman–Crippen MR) is 192 cm³/mol. The summed E-state index contributed by atoms with van der Waals surface area (Å²) in [6.07, 6.45) is 2.20. The van der Waals surface area contributed by atoms with E-state index in [-0.39, 0.29) is 17.9 Å². The van der Waals surface area contributed by atoms with Gasteiger partial charge in [0.2, 0.25) is 5.52 Å². The SMILES string of the molecule is C.CCn1c(=Cc2sc3c4ccccc4ccc3[n+]2CC)s/c(=C2\Sc3ccccc3N2C)c1=O.Cc1ccc(S(=O)(=O)[O-])cc1. The zero-order valence-corrected chi connectivity index (χ0v) is 28.4. The Labute approximate surface area is 281 Å². The van der Waals surface area contributed by atoms with Crippen LogP contribution in [0.2, 0.25) is 0 Å². The molecule has 0 bridgehead atoms. The van der Waals surface area contributed by atoms with Crippen molar-refractivity contribution >= 4 is 82.3 Å². The van der Waals surface area contributed by atoms with Gasteiger partial charge in [0.05, 0.1) is 16.7 Å². The second-order valence-corrected chi connectivity index (χ2v) is 15.0. The highest BCUT2D eigenvalue weighted by molar-refractivity contribution is 8.08. The van der Waals surface area contributed by atoms with Gasteiger partial charge in [0.25, 0.3) is 10.6 Å². The van der Waals surface area contributed by atoms with Gasteiger partial charge in [-0.1, -0.05) is 84.6 Å². The summed E-state index contributed by atoms with van der Waals surface area (Å²) < 4.78 is 38.5. The molecule has 0 saturated heterocycles. The van der Waals surface area contributed by atoms with Crippen LogP contribution in [0.25, 0.3) is 32.1 Å². The lowest BCUT2D eigenvalue weighted by Gasteiger charge is -2.11. The van der Waals surface area contributed by atoms with Crippen LogP contribution in [0, 0.1) is 6.92 Å². The van der Waals surface area contributed by atoms with Gasteiger partial charge in [-0.15, -0.1) is 11.3 Å². The van der Waals surface area contributed by atoms with Crippen molar-refractivity contribution < 1.29 is 17.5 Å².